The Bertz CT molecular complexity index is 898. The molecule has 1 fully saturated rings. The van der Waals surface area contributed by atoms with Crippen LogP contribution in [0.15, 0.2) is 47.4 Å². The molecule has 1 aliphatic heterocycles. The van der Waals surface area contributed by atoms with Gasteiger partial charge in [0.15, 0.2) is 4.32 Å². The molecule has 4 nitrogen and oxygen atoms in total. The SMILES string of the molecule is CCOc1ccc(Cl)cc1/C=C1/SC(=S)N(c2ccccc2OC)C1=O. The van der Waals surface area contributed by atoms with Crippen LogP contribution in [0.4, 0.5) is 5.69 Å². The van der Waals surface area contributed by atoms with E-state index in [-0.39, 0.29) is 5.91 Å². The van der Waals surface area contributed by atoms with Gasteiger partial charge in [-0.25, -0.2) is 0 Å². The van der Waals surface area contributed by atoms with Crippen molar-refractivity contribution in [2.24, 2.45) is 0 Å². The minimum absolute atomic E-state index is 0.202. The molecule has 0 unspecified atom stereocenters. The van der Waals surface area contributed by atoms with Crippen LogP contribution in [0.5, 0.6) is 11.5 Å². The van der Waals surface area contributed by atoms with Gasteiger partial charge in [-0.3, -0.25) is 9.69 Å². The smallest absolute Gasteiger partial charge is 0.270 e. The number of amides is 1. The molecule has 0 N–H and O–H groups in total. The van der Waals surface area contributed by atoms with Crippen molar-refractivity contribution in [2.45, 2.75) is 6.92 Å². The van der Waals surface area contributed by atoms with Crippen molar-refractivity contribution in [2.75, 3.05) is 18.6 Å². The van der Waals surface area contributed by atoms with Gasteiger partial charge in [0.1, 0.15) is 11.5 Å². The molecule has 2 aromatic carbocycles. The van der Waals surface area contributed by atoms with Crippen molar-refractivity contribution in [3.8, 4) is 11.5 Å². The Morgan fingerprint density at radius 1 is 1.23 bits per heavy atom. The number of rotatable bonds is 5. The average Bonchev–Trinajstić information content (AvgIpc) is 2.91. The standard InChI is InChI=1S/C19H16ClNO3S2/c1-3-24-15-9-8-13(20)10-12(15)11-17-18(22)21(19(25)26-17)14-6-4-5-7-16(14)23-2/h4-11H,3H2,1-2H3/b17-11+. The molecule has 1 saturated heterocycles. The predicted octanol–water partition coefficient (Wildman–Crippen LogP) is 5.15. The third-order valence-electron chi connectivity index (χ3n) is 3.68. The van der Waals surface area contributed by atoms with E-state index in [1.165, 1.54) is 16.7 Å². The molecule has 0 atom stereocenters. The monoisotopic (exact) mass is 405 g/mol. The third kappa shape index (κ3) is 3.72. The number of thiocarbonyl (C=S) groups is 1. The zero-order valence-corrected chi connectivity index (χ0v) is 16.6. The van der Waals surface area contributed by atoms with Crippen molar-refractivity contribution >= 4 is 57.6 Å². The molecule has 26 heavy (non-hydrogen) atoms. The number of thioether (sulfide) groups is 1. The number of ether oxygens (including phenoxy) is 2. The second kappa shape index (κ2) is 8.12. The van der Waals surface area contributed by atoms with Gasteiger partial charge in [-0.05, 0) is 43.3 Å². The van der Waals surface area contributed by atoms with Crippen LogP contribution in [-0.2, 0) is 4.79 Å². The van der Waals surface area contributed by atoms with Crippen LogP contribution >= 0.6 is 35.6 Å². The lowest BCUT2D eigenvalue weighted by Crippen LogP contribution is -2.27. The maximum atomic E-state index is 13.0. The zero-order chi connectivity index (χ0) is 18.7. The van der Waals surface area contributed by atoms with Crippen LogP contribution in [-0.4, -0.2) is 23.9 Å². The van der Waals surface area contributed by atoms with Crippen LogP contribution < -0.4 is 14.4 Å². The molecule has 0 radical (unpaired) electrons. The van der Waals surface area contributed by atoms with Crippen LogP contribution in [0.25, 0.3) is 6.08 Å². The topological polar surface area (TPSA) is 38.8 Å². The van der Waals surface area contributed by atoms with E-state index in [0.29, 0.717) is 38.0 Å². The number of methoxy groups -OCH3 is 1. The fraction of sp³-hybridized carbons (Fsp3) is 0.158. The first-order chi connectivity index (χ1) is 12.5. The molecule has 0 aromatic heterocycles. The summed E-state index contributed by atoms with van der Waals surface area (Å²) >= 11 is 12.8. The average molecular weight is 406 g/mol. The normalized spacial score (nSPS) is 15.7. The molecule has 0 bridgehead atoms. The van der Waals surface area contributed by atoms with Crippen molar-refractivity contribution in [1.29, 1.82) is 0 Å². The highest BCUT2D eigenvalue weighted by Crippen LogP contribution is 2.40. The van der Waals surface area contributed by atoms with Gasteiger partial charge in [0.25, 0.3) is 5.91 Å². The molecule has 7 heteroatoms. The van der Waals surface area contributed by atoms with Crippen molar-refractivity contribution in [3.63, 3.8) is 0 Å². The van der Waals surface area contributed by atoms with E-state index in [1.54, 1.807) is 43.5 Å². The minimum Gasteiger partial charge on any atom is -0.495 e. The highest BCUT2D eigenvalue weighted by molar-refractivity contribution is 8.27. The number of hydrogen-bond donors (Lipinski definition) is 0. The Morgan fingerprint density at radius 3 is 2.73 bits per heavy atom. The van der Waals surface area contributed by atoms with Gasteiger partial charge in [-0.1, -0.05) is 47.7 Å². The number of carbonyl (C=O) groups is 1. The highest BCUT2D eigenvalue weighted by atomic mass is 35.5. The first-order valence-electron chi connectivity index (χ1n) is 7.88. The number of halogens is 1. The Hall–Kier alpha value is -2.02. The summed E-state index contributed by atoms with van der Waals surface area (Å²) in [7, 11) is 1.56. The lowest BCUT2D eigenvalue weighted by atomic mass is 10.1. The van der Waals surface area contributed by atoms with Gasteiger partial charge < -0.3 is 9.47 Å². The molecule has 134 valence electrons. The summed E-state index contributed by atoms with van der Waals surface area (Å²) < 4.78 is 11.4. The van der Waals surface area contributed by atoms with Gasteiger partial charge in [0.2, 0.25) is 0 Å². The Kier molecular flexibility index (Phi) is 5.86. The number of carbonyl (C=O) groups excluding carboxylic acids is 1. The first-order valence-corrected chi connectivity index (χ1v) is 9.48. The summed E-state index contributed by atoms with van der Waals surface area (Å²) in [5.41, 5.74) is 1.36. The fourth-order valence-corrected chi connectivity index (χ4v) is 4.01. The maximum Gasteiger partial charge on any atom is 0.270 e. The van der Waals surface area contributed by atoms with Crippen molar-refractivity contribution < 1.29 is 14.3 Å². The summed E-state index contributed by atoms with van der Waals surface area (Å²) in [4.78, 5) is 14.9. The van der Waals surface area contributed by atoms with E-state index < -0.39 is 0 Å². The lowest BCUT2D eigenvalue weighted by molar-refractivity contribution is -0.113. The van der Waals surface area contributed by atoms with Crippen LogP contribution in [0.2, 0.25) is 5.02 Å². The molecular formula is C19H16ClNO3S2. The maximum absolute atomic E-state index is 13.0. The molecule has 0 saturated carbocycles. The first kappa shape index (κ1) is 18.8. The van der Waals surface area contributed by atoms with E-state index >= 15 is 0 Å². The van der Waals surface area contributed by atoms with E-state index in [2.05, 4.69) is 0 Å². The van der Waals surface area contributed by atoms with Gasteiger partial charge in [0, 0.05) is 10.6 Å². The predicted molar refractivity (Wildman–Crippen MR) is 111 cm³/mol. The molecule has 0 aliphatic carbocycles. The number of para-hydroxylation sites is 2. The summed E-state index contributed by atoms with van der Waals surface area (Å²) in [6.07, 6.45) is 1.76. The highest BCUT2D eigenvalue weighted by Gasteiger charge is 2.35. The van der Waals surface area contributed by atoms with Gasteiger partial charge in [-0.2, -0.15) is 0 Å². The molecular weight excluding hydrogens is 390 g/mol. The number of hydrogen-bond acceptors (Lipinski definition) is 5. The quantitative estimate of drug-likeness (QED) is 0.508. The summed E-state index contributed by atoms with van der Waals surface area (Å²) in [5, 5.41) is 0.569. The largest absolute Gasteiger partial charge is 0.495 e. The molecule has 1 aliphatic rings. The summed E-state index contributed by atoms with van der Waals surface area (Å²) in [6.45, 7) is 2.42. The van der Waals surface area contributed by atoms with E-state index in [9.17, 15) is 4.79 Å². The Morgan fingerprint density at radius 2 is 2.00 bits per heavy atom. The number of anilines is 1. The molecule has 3 rings (SSSR count). The molecule has 1 heterocycles. The zero-order valence-electron chi connectivity index (χ0n) is 14.2. The van der Waals surface area contributed by atoms with E-state index in [4.69, 9.17) is 33.3 Å². The van der Waals surface area contributed by atoms with E-state index in [0.717, 1.165) is 5.56 Å². The van der Waals surface area contributed by atoms with Crippen molar-refractivity contribution in [1.82, 2.24) is 0 Å². The Labute approximate surface area is 166 Å². The molecule has 0 spiro atoms. The van der Waals surface area contributed by atoms with Crippen molar-refractivity contribution in [3.05, 3.63) is 58.0 Å². The van der Waals surface area contributed by atoms with E-state index in [1.807, 2.05) is 19.1 Å². The second-order valence-corrected chi connectivity index (χ2v) is 7.42. The lowest BCUT2D eigenvalue weighted by Gasteiger charge is -2.17. The molecule has 1 amide bonds. The van der Waals surface area contributed by atoms with Crippen LogP contribution in [0.3, 0.4) is 0 Å². The van der Waals surface area contributed by atoms with Crippen LogP contribution in [0, 0.1) is 0 Å². The second-order valence-electron chi connectivity index (χ2n) is 5.30. The van der Waals surface area contributed by atoms with Gasteiger partial charge in [0.05, 0.1) is 24.3 Å². The Balaban J connectivity index is 1.99. The molecule has 2 aromatic rings. The van der Waals surface area contributed by atoms with Gasteiger partial charge >= 0.3 is 0 Å². The number of benzene rings is 2. The minimum atomic E-state index is -0.202. The van der Waals surface area contributed by atoms with Crippen LogP contribution in [0.1, 0.15) is 12.5 Å². The fourth-order valence-electron chi connectivity index (χ4n) is 2.55. The number of nitrogens with zero attached hydrogens (tertiary/aromatic N) is 1. The third-order valence-corrected chi connectivity index (χ3v) is 5.22. The summed E-state index contributed by atoms with van der Waals surface area (Å²) in [6, 6.07) is 12.6. The van der Waals surface area contributed by atoms with Gasteiger partial charge in [-0.15, -0.1) is 0 Å². The summed E-state index contributed by atoms with van der Waals surface area (Å²) in [5.74, 6) is 1.05.